The van der Waals surface area contributed by atoms with Gasteiger partial charge >= 0.3 is 0 Å². The van der Waals surface area contributed by atoms with Gasteiger partial charge in [-0.3, -0.25) is 14.9 Å². The van der Waals surface area contributed by atoms with Crippen LogP contribution in [0.1, 0.15) is 17.2 Å². The number of hydrogen-bond donors (Lipinski definition) is 1. The summed E-state index contributed by atoms with van der Waals surface area (Å²) < 4.78 is 5.24. The van der Waals surface area contributed by atoms with Crippen molar-refractivity contribution in [1.29, 1.82) is 0 Å². The number of nitro groups is 1. The van der Waals surface area contributed by atoms with Gasteiger partial charge in [0, 0.05) is 25.8 Å². The summed E-state index contributed by atoms with van der Waals surface area (Å²) in [5, 5.41) is 13.3. The van der Waals surface area contributed by atoms with Crippen LogP contribution < -0.4 is 5.32 Å². The van der Waals surface area contributed by atoms with Gasteiger partial charge in [0.25, 0.3) is 11.6 Å². The molecule has 0 unspecified atom stereocenters. The number of nitro benzene ring substituents is 1. The first-order chi connectivity index (χ1) is 10.6. The van der Waals surface area contributed by atoms with Crippen molar-refractivity contribution in [2.75, 3.05) is 7.11 Å². The van der Waals surface area contributed by atoms with Gasteiger partial charge in [0.15, 0.2) is 6.10 Å². The molecule has 1 N–H and O–H groups in total. The number of nitrogens with zero attached hydrogens (tertiary/aromatic N) is 1. The quantitative estimate of drug-likeness (QED) is 0.656. The van der Waals surface area contributed by atoms with Crippen LogP contribution in [0.3, 0.4) is 0 Å². The number of amides is 1. The molecule has 0 fully saturated rings. The Balaban J connectivity index is 1.98. The number of benzene rings is 2. The van der Waals surface area contributed by atoms with Gasteiger partial charge in [-0.05, 0) is 11.1 Å². The number of non-ortho nitro benzene ring substituents is 1. The second-order valence-electron chi connectivity index (χ2n) is 4.67. The van der Waals surface area contributed by atoms with Crippen LogP contribution in [0.2, 0.25) is 0 Å². The van der Waals surface area contributed by atoms with Crippen LogP contribution >= 0.6 is 0 Å². The zero-order valence-electron chi connectivity index (χ0n) is 12.1. The molecule has 1 amide bonds. The fourth-order valence-corrected chi connectivity index (χ4v) is 2.04. The highest BCUT2D eigenvalue weighted by Gasteiger charge is 2.19. The molecule has 0 radical (unpaired) electrons. The van der Waals surface area contributed by atoms with Gasteiger partial charge in [0.1, 0.15) is 0 Å². The molecule has 114 valence electrons. The molecule has 0 aromatic heterocycles. The Hall–Kier alpha value is -2.73. The molecule has 0 aliphatic heterocycles. The van der Waals surface area contributed by atoms with Crippen molar-refractivity contribution in [3.8, 4) is 0 Å². The Morgan fingerprint density at radius 3 is 2.36 bits per heavy atom. The average Bonchev–Trinajstić information content (AvgIpc) is 2.55. The molecule has 6 heteroatoms. The van der Waals surface area contributed by atoms with E-state index in [-0.39, 0.29) is 18.1 Å². The molecule has 22 heavy (non-hydrogen) atoms. The first kappa shape index (κ1) is 15.7. The second kappa shape index (κ2) is 7.33. The van der Waals surface area contributed by atoms with E-state index in [1.54, 1.807) is 12.1 Å². The highest BCUT2D eigenvalue weighted by molar-refractivity contribution is 5.82. The fraction of sp³-hybridized carbons (Fsp3) is 0.188. The van der Waals surface area contributed by atoms with Crippen molar-refractivity contribution in [2.45, 2.75) is 12.6 Å². The zero-order valence-corrected chi connectivity index (χ0v) is 12.1. The summed E-state index contributed by atoms with van der Waals surface area (Å²) in [4.78, 5) is 22.3. The maximum atomic E-state index is 12.2. The highest BCUT2D eigenvalue weighted by Crippen LogP contribution is 2.17. The maximum absolute atomic E-state index is 12.2. The smallest absolute Gasteiger partial charge is 0.269 e. The molecule has 6 nitrogen and oxygen atoms in total. The number of rotatable bonds is 6. The van der Waals surface area contributed by atoms with E-state index in [4.69, 9.17) is 4.74 Å². The van der Waals surface area contributed by atoms with Gasteiger partial charge in [-0.25, -0.2) is 0 Å². The molecule has 0 saturated heterocycles. The Morgan fingerprint density at radius 1 is 1.18 bits per heavy atom. The molecular formula is C16H16N2O4. The predicted octanol–water partition coefficient (Wildman–Crippen LogP) is 2.60. The van der Waals surface area contributed by atoms with Gasteiger partial charge in [-0.1, -0.05) is 42.5 Å². The minimum absolute atomic E-state index is 0.0223. The summed E-state index contributed by atoms with van der Waals surface area (Å²) in [6.07, 6.45) is -0.681. The van der Waals surface area contributed by atoms with Crippen molar-refractivity contribution in [3.63, 3.8) is 0 Å². The van der Waals surface area contributed by atoms with Crippen LogP contribution in [0, 0.1) is 10.1 Å². The molecule has 0 spiro atoms. The van der Waals surface area contributed by atoms with Gasteiger partial charge < -0.3 is 10.1 Å². The molecule has 0 aliphatic carbocycles. The van der Waals surface area contributed by atoms with E-state index in [1.807, 2.05) is 30.3 Å². The standard InChI is InChI=1S/C16H16N2O4/c1-22-15(13-5-3-2-4-6-13)16(19)17-11-12-7-9-14(10-8-12)18(20)21/h2-10,15H,11H2,1H3,(H,17,19)/t15-/m0/s1. The van der Waals surface area contributed by atoms with E-state index in [9.17, 15) is 14.9 Å². The largest absolute Gasteiger partial charge is 0.367 e. The lowest BCUT2D eigenvalue weighted by molar-refractivity contribution is -0.384. The maximum Gasteiger partial charge on any atom is 0.269 e. The molecule has 0 aliphatic rings. The highest BCUT2D eigenvalue weighted by atomic mass is 16.6. The summed E-state index contributed by atoms with van der Waals surface area (Å²) in [5.74, 6) is -0.257. The third-order valence-corrected chi connectivity index (χ3v) is 3.19. The summed E-state index contributed by atoms with van der Waals surface area (Å²) in [6, 6.07) is 15.2. The minimum atomic E-state index is -0.681. The molecule has 2 rings (SSSR count). The van der Waals surface area contributed by atoms with Crippen molar-refractivity contribution in [3.05, 3.63) is 75.8 Å². The lowest BCUT2D eigenvalue weighted by atomic mass is 10.1. The van der Waals surface area contributed by atoms with Crippen LogP contribution in [0.15, 0.2) is 54.6 Å². The van der Waals surface area contributed by atoms with E-state index < -0.39 is 11.0 Å². The number of carbonyl (C=O) groups excluding carboxylic acids is 1. The van der Waals surface area contributed by atoms with Crippen LogP contribution in [-0.4, -0.2) is 17.9 Å². The van der Waals surface area contributed by atoms with Crippen LogP contribution in [0.4, 0.5) is 5.69 Å². The average molecular weight is 300 g/mol. The Kier molecular flexibility index (Phi) is 5.21. The van der Waals surface area contributed by atoms with Gasteiger partial charge in [-0.15, -0.1) is 0 Å². The normalized spacial score (nSPS) is 11.7. The lowest BCUT2D eigenvalue weighted by Gasteiger charge is -2.15. The molecule has 0 saturated carbocycles. The van der Waals surface area contributed by atoms with E-state index in [0.717, 1.165) is 11.1 Å². The first-order valence-corrected chi connectivity index (χ1v) is 6.70. The Bertz CT molecular complexity index is 641. The number of methoxy groups -OCH3 is 1. The number of nitrogens with one attached hydrogen (secondary N) is 1. The first-order valence-electron chi connectivity index (χ1n) is 6.70. The molecule has 1 atom stereocenters. The molecule has 2 aromatic carbocycles. The van der Waals surface area contributed by atoms with Crippen molar-refractivity contribution in [1.82, 2.24) is 5.32 Å². The van der Waals surface area contributed by atoms with Crippen LogP contribution in [-0.2, 0) is 16.1 Å². The molecule has 0 heterocycles. The SMILES string of the molecule is CO[C@H](C(=O)NCc1ccc([N+](=O)[O-])cc1)c1ccccc1. The third kappa shape index (κ3) is 3.89. The summed E-state index contributed by atoms with van der Waals surface area (Å²) in [6.45, 7) is 0.281. The van der Waals surface area contributed by atoms with E-state index in [1.165, 1.54) is 19.2 Å². The van der Waals surface area contributed by atoms with Crippen LogP contribution in [0.25, 0.3) is 0 Å². The lowest BCUT2D eigenvalue weighted by Crippen LogP contribution is -2.29. The number of carbonyl (C=O) groups is 1. The third-order valence-electron chi connectivity index (χ3n) is 3.19. The number of hydrogen-bond acceptors (Lipinski definition) is 4. The van der Waals surface area contributed by atoms with Gasteiger partial charge in [0.05, 0.1) is 4.92 Å². The topological polar surface area (TPSA) is 81.5 Å². The van der Waals surface area contributed by atoms with Crippen molar-refractivity contribution >= 4 is 11.6 Å². The fourth-order valence-electron chi connectivity index (χ4n) is 2.04. The summed E-state index contributed by atoms with van der Waals surface area (Å²) in [7, 11) is 1.48. The minimum Gasteiger partial charge on any atom is -0.367 e. The Labute approximate surface area is 127 Å². The molecule has 0 bridgehead atoms. The predicted molar refractivity (Wildman–Crippen MR) is 81.1 cm³/mol. The van der Waals surface area contributed by atoms with E-state index >= 15 is 0 Å². The van der Waals surface area contributed by atoms with Crippen LogP contribution in [0.5, 0.6) is 0 Å². The molecule has 2 aromatic rings. The molecular weight excluding hydrogens is 284 g/mol. The summed E-state index contributed by atoms with van der Waals surface area (Å²) >= 11 is 0. The van der Waals surface area contributed by atoms with E-state index in [0.29, 0.717) is 0 Å². The van der Waals surface area contributed by atoms with Gasteiger partial charge in [0.2, 0.25) is 0 Å². The van der Waals surface area contributed by atoms with E-state index in [2.05, 4.69) is 5.32 Å². The second-order valence-corrected chi connectivity index (χ2v) is 4.67. The van der Waals surface area contributed by atoms with Crippen molar-refractivity contribution < 1.29 is 14.5 Å². The number of ether oxygens (including phenoxy) is 1. The van der Waals surface area contributed by atoms with Gasteiger partial charge in [-0.2, -0.15) is 0 Å². The zero-order chi connectivity index (χ0) is 15.9. The van der Waals surface area contributed by atoms with Crippen molar-refractivity contribution in [2.24, 2.45) is 0 Å². The summed E-state index contributed by atoms with van der Waals surface area (Å²) in [5.41, 5.74) is 1.57. The Morgan fingerprint density at radius 2 is 1.82 bits per heavy atom. The monoisotopic (exact) mass is 300 g/mol.